The van der Waals surface area contributed by atoms with E-state index in [2.05, 4.69) is 11.4 Å². The lowest BCUT2D eigenvalue weighted by Crippen LogP contribution is -2.01. The molecule has 1 nitrogen and oxygen atoms in total. The second-order valence-corrected chi connectivity index (χ2v) is 2.28. The molecule has 0 bridgehead atoms. The third kappa shape index (κ3) is 0.662. The van der Waals surface area contributed by atoms with Crippen molar-refractivity contribution >= 4 is 9.24 Å². The van der Waals surface area contributed by atoms with Gasteiger partial charge in [0, 0.05) is 0 Å². The van der Waals surface area contributed by atoms with Gasteiger partial charge in [0.15, 0.2) is 0 Å². The zero-order valence-corrected chi connectivity index (χ0v) is 4.98. The van der Waals surface area contributed by atoms with E-state index in [1.54, 1.807) is 0 Å². The molecule has 1 N–H and O–H groups in total. The second kappa shape index (κ2) is 1.53. The van der Waals surface area contributed by atoms with Crippen molar-refractivity contribution in [3.63, 3.8) is 0 Å². The van der Waals surface area contributed by atoms with Crippen LogP contribution in [-0.2, 0) is 0 Å². The molecular weight excluding hydrogens is 93.0 g/mol. The fourth-order valence-electron chi connectivity index (χ4n) is 0.426. The molecule has 0 spiro atoms. The fraction of sp³-hybridized carbons (Fsp3) is 0.250. The summed E-state index contributed by atoms with van der Waals surface area (Å²) in [5.41, 5.74) is 1.44. The van der Waals surface area contributed by atoms with Gasteiger partial charge < -0.3 is 5.32 Å². The molecule has 1 aliphatic heterocycles. The monoisotopic (exact) mass is 101 g/mol. The van der Waals surface area contributed by atoms with Crippen molar-refractivity contribution in [3.8, 4) is 0 Å². The molecule has 1 atom stereocenters. The topological polar surface area (TPSA) is 12.0 Å². The van der Waals surface area contributed by atoms with Crippen LogP contribution in [0.1, 0.15) is 0 Å². The van der Waals surface area contributed by atoms with Crippen molar-refractivity contribution in [2.75, 3.05) is 6.54 Å². The van der Waals surface area contributed by atoms with Gasteiger partial charge in [-0.3, -0.25) is 0 Å². The Hall–Kier alpha value is -0.160. The molecule has 0 amide bonds. The molecule has 0 aromatic heterocycles. The van der Waals surface area contributed by atoms with Crippen LogP contribution in [0.2, 0.25) is 0 Å². The first-order chi connectivity index (χ1) is 2.89. The van der Waals surface area contributed by atoms with Gasteiger partial charge in [-0.1, -0.05) is 14.9 Å². The first kappa shape index (κ1) is 4.01. The minimum atomic E-state index is 1.05. The smallest absolute Gasteiger partial charge is 0.0129 e. The maximum absolute atomic E-state index is 3.06. The summed E-state index contributed by atoms with van der Waals surface area (Å²) in [6.45, 7) is 1.05. The maximum Gasteiger partial charge on any atom is -0.0129 e. The molecule has 2 heteroatoms. The highest BCUT2D eigenvalue weighted by Gasteiger charge is 1.91. The standard InChI is InChI=1S/C4H8NP/c6-4-1-2-5-3-4/h1-2,5H,3H2,6H3. The predicted molar refractivity (Wildman–Crippen MR) is 31.5 cm³/mol. The van der Waals surface area contributed by atoms with Gasteiger partial charge in [0.2, 0.25) is 0 Å². The van der Waals surface area contributed by atoms with Crippen LogP contribution in [-0.4, -0.2) is 6.54 Å². The van der Waals surface area contributed by atoms with Crippen molar-refractivity contribution in [2.45, 2.75) is 0 Å². The lowest BCUT2D eigenvalue weighted by molar-refractivity contribution is 0.992. The van der Waals surface area contributed by atoms with Crippen LogP contribution in [0.25, 0.3) is 0 Å². The molecular formula is C4H8NP. The lowest BCUT2D eigenvalue weighted by Gasteiger charge is -1.96. The van der Waals surface area contributed by atoms with E-state index in [4.69, 9.17) is 0 Å². The van der Waals surface area contributed by atoms with Crippen LogP contribution in [0.4, 0.5) is 0 Å². The highest BCUT2D eigenvalue weighted by atomic mass is 31.0. The largest absolute Gasteiger partial charge is 0.475 e. The molecule has 1 rings (SSSR count). The summed E-state index contributed by atoms with van der Waals surface area (Å²) in [5, 5.41) is 3.06. The van der Waals surface area contributed by atoms with E-state index >= 15 is 0 Å². The Morgan fingerprint density at radius 2 is 2.67 bits per heavy atom. The minimum Gasteiger partial charge on any atom is -0.475 e. The quantitative estimate of drug-likeness (QED) is 0.340. The van der Waals surface area contributed by atoms with Gasteiger partial charge in [0.25, 0.3) is 0 Å². The number of rotatable bonds is 0. The van der Waals surface area contributed by atoms with Crippen LogP contribution < -0.4 is 5.32 Å². The molecule has 0 aromatic carbocycles. The zero-order valence-electron chi connectivity index (χ0n) is 3.57. The van der Waals surface area contributed by atoms with Crippen molar-refractivity contribution in [3.05, 3.63) is 17.9 Å². The van der Waals surface area contributed by atoms with Gasteiger partial charge in [-0.05, 0) is 6.54 Å². The lowest BCUT2D eigenvalue weighted by atomic mass is 10.5. The van der Waals surface area contributed by atoms with Gasteiger partial charge in [-0.25, -0.2) is 0 Å². The van der Waals surface area contributed by atoms with Crippen molar-refractivity contribution < 1.29 is 0 Å². The molecule has 0 saturated carbocycles. The van der Waals surface area contributed by atoms with E-state index < -0.39 is 0 Å². The molecule has 1 unspecified atom stereocenters. The van der Waals surface area contributed by atoms with E-state index in [9.17, 15) is 0 Å². The van der Waals surface area contributed by atoms with E-state index in [-0.39, 0.29) is 0 Å². The Kier molecular flexibility index (Phi) is 1.02. The van der Waals surface area contributed by atoms with Crippen LogP contribution in [0.15, 0.2) is 12.3 Å². The van der Waals surface area contributed by atoms with Crippen molar-refractivity contribution in [2.24, 2.45) is 0 Å². The Labute approximate surface area is 40.0 Å². The van der Waals surface area contributed by atoms with Gasteiger partial charge in [-0.15, -0.1) is 6.20 Å². The summed E-state index contributed by atoms with van der Waals surface area (Å²) in [6.07, 6.45) is 4.07. The highest BCUT2D eigenvalue weighted by Crippen LogP contribution is 2.12. The molecule has 0 radical (unpaired) electrons. The molecule has 1 heterocycles. The van der Waals surface area contributed by atoms with Gasteiger partial charge >= 0.3 is 0 Å². The van der Waals surface area contributed by atoms with Gasteiger partial charge in [0.05, 0.1) is 0 Å². The Morgan fingerprint density at radius 3 is 2.83 bits per heavy atom. The summed E-state index contributed by atoms with van der Waals surface area (Å²) in [7, 11) is 1.93. The van der Waals surface area contributed by atoms with Crippen molar-refractivity contribution in [1.82, 2.24) is 5.32 Å². The first-order valence-corrected chi connectivity index (χ1v) is 2.68. The normalized spacial score (nSPS) is 19.0. The third-order valence-electron chi connectivity index (χ3n) is 0.766. The predicted octanol–water partition coefficient (Wildman–Crippen LogP) is 0.243. The third-order valence-corrected chi connectivity index (χ3v) is 1.25. The average Bonchev–Trinajstić information content (AvgIpc) is 1.86. The highest BCUT2D eigenvalue weighted by molar-refractivity contribution is 7.21. The summed E-state index contributed by atoms with van der Waals surface area (Å²) >= 11 is 0. The minimum absolute atomic E-state index is 1.05. The average molecular weight is 101 g/mol. The van der Waals surface area contributed by atoms with Crippen LogP contribution >= 0.6 is 9.24 Å². The van der Waals surface area contributed by atoms with E-state index in [1.807, 2.05) is 15.4 Å². The van der Waals surface area contributed by atoms with Crippen LogP contribution in [0.5, 0.6) is 0 Å². The molecule has 6 heavy (non-hydrogen) atoms. The maximum atomic E-state index is 3.06. The van der Waals surface area contributed by atoms with E-state index in [0.717, 1.165) is 6.54 Å². The van der Waals surface area contributed by atoms with Crippen LogP contribution in [0.3, 0.4) is 0 Å². The number of hydrogen-bond acceptors (Lipinski definition) is 1. The van der Waals surface area contributed by atoms with E-state index in [1.165, 1.54) is 5.66 Å². The fourth-order valence-corrected chi connectivity index (χ4v) is 0.688. The Balaban J connectivity index is 2.38. The molecule has 0 aromatic rings. The number of hydrogen-bond donors (Lipinski definition) is 1. The van der Waals surface area contributed by atoms with Gasteiger partial charge in [0.1, 0.15) is 0 Å². The van der Waals surface area contributed by atoms with Crippen LogP contribution in [0, 0.1) is 5.66 Å². The molecule has 1 aliphatic rings. The zero-order chi connectivity index (χ0) is 4.41. The second-order valence-electron chi connectivity index (χ2n) is 1.37. The first-order valence-electron chi connectivity index (χ1n) is 1.97. The van der Waals surface area contributed by atoms with Gasteiger partial charge in [-0.2, -0.15) is 6.08 Å². The Bertz CT molecular complexity index is 69.9. The summed E-state index contributed by atoms with van der Waals surface area (Å²) in [5.74, 6) is 0. The van der Waals surface area contributed by atoms with E-state index in [0.29, 0.717) is 0 Å². The molecule has 34 valence electrons. The number of nitrogens with one attached hydrogen (secondary N) is 1. The Morgan fingerprint density at radius 1 is 1.83 bits per heavy atom. The summed E-state index contributed by atoms with van der Waals surface area (Å²) in [6, 6.07) is 0. The SMILES string of the molecule is [PH3+][C-]1C=CNC1. The van der Waals surface area contributed by atoms with Crippen molar-refractivity contribution in [1.29, 1.82) is 0 Å². The summed E-state index contributed by atoms with van der Waals surface area (Å²) in [4.78, 5) is 0. The summed E-state index contributed by atoms with van der Waals surface area (Å²) < 4.78 is 0. The molecule has 0 fully saturated rings. The molecule has 0 aliphatic carbocycles. The molecule has 0 saturated heterocycles.